The highest BCUT2D eigenvalue weighted by molar-refractivity contribution is 5.29. The van der Waals surface area contributed by atoms with Crippen LogP contribution in [0.2, 0.25) is 0 Å². The number of aromatic amines is 1. The van der Waals surface area contributed by atoms with Crippen LogP contribution in [0.25, 0.3) is 0 Å². The molecule has 1 aromatic rings. The van der Waals surface area contributed by atoms with Crippen molar-refractivity contribution < 1.29 is 0 Å². The Kier molecular flexibility index (Phi) is 4.16. The van der Waals surface area contributed by atoms with Gasteiger partial charge < -0.3 is 10.2 Å². The first-order valence-electron chi connectivity index (χ1n) is 6.27. The van der Waals surface area contributed by atoms with Gasteiger partial charge in [0.05, 0.1) is 0 Å². The van der Waals surface area contributed by atoms with Gasteiger partial charge in [-0.1, -0.05) is 19.8 Å². The van der Waals surface area contributed by atoms with Crippen LogP contribution < -0.4 is 10.2 Å². The molecule has 16 heavy (non-hydrogen) atoms. The van der Waals surface area contributed by atoms with Crippen molar-refractivity contribution in [2.24, 2.45) is 0 Å². The van der Waals surface area contributed by atoms with Gasteiger partial charge in [0.25, 0.3) is 0 Å². The van der Waals surface area contributed by atoms with Crippen LogP contribution in [0.3, 0.4) is 0 Å². The normalized spacial score (nSPS) is 16.7. The Morgan fingerprint density at radius 1 is 1.25 bits per heavy atom. The molecule has 90 valence electrons. The number of H-pyrrole nitrogens is 1. The Morgan fingerprint density at radius 2 is 2.06 bits per heavy atom. The van der Waals surface area contributed by atoms with Crippen LogP contribution in [0.15, 0.2) is 0 Å². The lowest BCUT2D eigenvalue weighted by atomic mass is 10.2. The van der Waals surface area contributed by atoms with Gasteiger partial charge in [0.15, 0.2) is 0 Å². The fraction of sp³-hybridized carbons (Fsp3) is 0.818. The zero-order valence-electron chi connectivity index (χ0n) is 10.00. The molecule has 1 aliphatic heterocycles. The summed E-state index contributed by atoms with van der Waals surface area (Å²) in [5, 5.41) is 10.6. The van der Waals surface area contributed by atoms with Crippen molar-refractivity contribution in [2.75, 3.05) is 31.1 Å². The van der Waals surface area contributed by atoms with Crippen molar-refractivity contribution in [3.8, 4) is 0 Å². The van der Waals surface area contributed by atoms with E-state index in [1.807, 2.05) is 0 Å². The molecule has 5 nitrogen and oxygen atoms in total. The molecule has 0 radical (unpaired) electrons. The first-order chi connectivity index (χ1) is 7.90. The molecule has 1 saturated heterocycles. The molecule has 1 fully saturated rings. The maximum Gasteiger partial charge on any atom is 0.244 e. The third-order valence-electron chi connectivity index (χ3n) is 2.94. The van der Waals surface area contributed by atoms with Gasteiger partial charge in [-0.05, 0) is 6.42 Å². The molecule has 0 unspecified atom stereocenters. The second kappa shape index (κ2) is 5.84. The molecular formula is C11H21N5. The van der Waals surface area contributed by atoms with E-state index >= 15 is 0 Å². The van der Waals surface area contributed by atoms with E-state index in [0.29, 0.717) is 0 Å². The van der Waals surface area contributed by atoms with Crippen LogP contribution in [0, 0.1) is 0 Å². The zero-order valence-corrected chi connectivity index (χ0v) is 10.00. The highest BCUT2D eigenvalue weighted by Crippen LogP contribution is 2.09. The number of anilines is 1. The van der Waals surface area contributed by atoms with E-state index in [4.69, 9.17) is 0 Å². The van der Waals surface area contributed by atoms with Crippen LogP contribution in [0.4, 0.5) is 5.95 Å². The predicted molar refractivity (Wildman–Crippen MR) is 64.7 cm³/mol. The fourth-order valence-corrected chi connectivity index (χ4v) is 1.95. The van der Waals surface area contributed by atoms with Crippen molar-refractivity contribution in [1.29, 1.82) is 0 Å². The molecule has 0 spiro atoms. The minimum absolute atomic E-state index is 0.869. The summed E-state index contributed by atoms with van der Waals surface area (Å²) in [6.07, 6.45) is 4.74. The average molecular weight is 223 g/mol. The molecule has 5 heteroatoms. The van der Waals surface area contributed by atoms with Gasteiger partial charge in [0, 0.05) is 32.6 Å². The van der Waals surface area contributed by atoms with Crippen molar-refractivity contribution in [3.05, 3.63) is 5.82 Å². The van der Waals surface area contributed by atoms with Gasteiger partial charge in [0.1, 0.15) is 5.82 Å². The molecular weight excluding hydrogens is 202 g/mol. The van der Waals surface area contributed by atoms with Gasteiger partial charge in [0.2, 0.25) is 5.95 Å². The van der Waals surface area contributed by atoms with E-state index in [1.54, 1.807) is 0 Å². The molecule has 0 bridgehead atoms. The van der Waals surface area contributed by atoms with Crippen LogP contribution in [0.1, 0.15) is 32.0 Å². The van der Waals surface area contributed by atoms with Crippen LogP contribution >= 0.6 is 0 Å². The lowest BCUT2D eigenvalue weighted by Crippen LogP contribution is -2.44. The maximum absolute atomic E-state index is 4.54. The van der Waals surface area contributed by atoms with E-state index in [1.165, 1.54) is 19.3 Å². The monoisotopic (exact) mass is 223 g/mol. The molecule has 2 rings (SSSR count). The summed E-state index contributed by atoms with van der Waals surface area (Å²) in [5.74, 6) is 1.90. The van der Waals surface area contributed by atoms with E-state index in [9.17, 15) is 0 Å². The number of aromatic nitrogens is 3. The molecule has 0 aromatic carbocycles. The van der Waals surface area contributed by atoms with E-state index in [-0.39, 0.29) is 0 Å². The third-order valence-corrected chi connectivity index (χ3v) is 2.94. The number of nitrogens with one attached hydrogen (secondary N) is 2. The number of hydrogen-bond acceptors (Lipinski definition) is 4. The highest BCUT2D eigenvalue weighted by Gasteiger charge is 2.14. The SMILES string of the molecule is CCCCCc1nc(N2CCNCC2)n[nH]1. The van der Waals surface area contributed by atoms with Gasteiger partial charge >= 0.3 is 0 Å². The Bertz CT molecular complexity index is 303. The van der Waals surface area contributed by atoms with Crippen molar-refractivity contribution in [2.45, 2.75) is 32.6 Å². The minimum atomic E-state index is 0.869. The summed E-state index contributed by atoms with van der Waals surface area (Å²) in [6, 6.07) is 0. The van der Waals surface area contributed by atoms with Crippen LogP contribution in [-0.2, 0) is 6.42 Å². The fourth-order valence-electron chi connectivity index (χ4n) is 1.95. The summed E-state index contributed by atoms with van der Waals surface area (Å²) in [5.41, 5.74) is 0. The molecule has 1 aromatic heterocycles. The number of aryl methyl sites for hydroxylation is 1. The Labute approximate surface area is 96.6 Å². The smallest absolute Gasteiger partial charge is 0.244 e. The zero-order chi connectivity index (χ0) is 11.2. The molecule has 2 heterocycles. The van der Waals surface area contributed by atoms with Crippen LogP contribution in [-0.4, -0.2) is 41.4 Å². The molecule has 0 amide bonds. The van der Waals surface area contributed by atoms with E-state index in [0.717, 1.165) is 44.4 Å². The standard InChI is InChI=1S/C11H21N5/c1-2-3-4-5-10-13-11(15-14-10)16-8-6-12-7-9-16/h12H,2-9H2,1H3,(H,13,14,15). The first kappa shape index (κ1) is 11.4. The number of nitrogens with zero attached hydrogens (tertiary/aromatic N) is 3. The third kappa shape index (κ3) is 2.95. The summed E-state index contributed by atoms with van der Waals surface area (Å²) in [7, 11) is 0. The lowest BCUT2D eigenvalue weighted by Gasteiger charge is -2.25. The van der Waals surface area contributed by atoms with Gasteiger partial charge in [-0.15, -0.1) is 5.10 Å². The predicted octanol–water partition coefficient (Wildman–Crippen LogP) is 0.947. The highest BCUT2D eigenvalue weighted by atomic mass is 15.4. The van der Waals surface area contributed by atoms with Crippen LogP contribution in [0.5, 0.6) is 0 Å². The Morgan fingerprint density at radius 3 is 2.81 bits per heavy atom. The second-order valence-electron chi connectivity index (χ2n) is 4.28. The number of rotatable bonds is 5. The molecule has 2 N–H and O–H groups in total. The average Bonchev–Trinajstić information content (AvgIpc) is 2.79. The summed E-state index contributed by atoms with van der Waals surface area (Å²) in [4.78, 5) is 6.77. The molecule has 0 saturated carbocycles. The number of unbranched alkanes of at least 4 members (excludes halogenated alkanes) is 2. The number of hydrogen-bond donors (Lipinski definition) is 2. The van der Waals surface area contributed by atoms with Gasteiger partial charge in [-0.2, -0.15) is 4.98 Å². The largest absolute Gasteiger partial charge is 0.337 e. The lowest BCUT2D eigenvalue weighted by molar-refractivity contribution is 0.580. The molecule has 0 aliphatic carbocycles. The van der Waals surface area contributed by atoms with Gasteiger partial charge in [-0.25, -0.2) is 0 Å². The quantitative estimate of drug-likeness (QED) is 0.730. The Hall–Kier alpha value is -1.10. The topological polar surface area (TPSA) is 56.8 Å². The minimum Gasteiger partial charge on any atom is -0.337 e. The maximum atomic E-state index is 4.54. The van der Waals surface area contributed by atoms with Crippen molar-refractivity contribution in [1.82, 2.24) is 20.5 Å². The molecule has 1 aliphatic rings. The van der Waals surface area contributed by atoms with Crippen molar-refractivity contribution >= 4 is 5.95 Å². The Balaban J connectivity index is 1.85. The summed E-state index contributed by atoms with van der Waals surface area (Å²) >= 11 is 0. The summed E-state index contributed by atoms with van der Waals surface area (Å²) < 4.78 is 0. The first-order valence-corrected chi connectivity index (χ1v) is 6.27. The van der Waals surface area contributed by atoms with Crippen molar-refractivity contribution in [3.63, 3.8) is 0 Å². The summed E-state index contributed by atoms with van der Waals surface area (Å²) in [6.45, 7) is 6.28. The second-order valence-corrected chi connectivity index (χ2v) is 4.28. The van der Waals surface area contributed by atoms with Gasteiger partial charge in [-0.3, -0.25) is 5.10 Å². The van der Waals surface area contributed by atoms with E-state index < -0.39 is 0 Å². The molecule has 0 atom stereocenters. The number of piperazine rings is 1. The van der Waals surface area contributed by atoms with E-state index in [2.05, 4.69) is 32.3 Å².